The van der Waals surface area contributed by atoms with Crippen LogP contribution >= 0.6 is 0 Å². The number of rotatable bonds is 2. The Bertz CT molecular complexity index is 582. The van der Waals surface area contributed by atoms with Gasteiger partial charge in [-0.3, -0.25) is 0 Å². The molecule has 2 aromatic carbocycles. The van der Waals surface area contributed by atoms with Gasteiger partial charge in [-0.15, -0.1) is 6.42 Å². The van der Waals surface area contributed by atoms with Crippen molar-refractivity contribution in [1.82, 2.24) is 0 Å². The van der Waals surface area contributed by atoms with E-state index in [1.54, 1.807) is 30.3 Å². The average Bonchev–Trinajstić information content (AvgIpc) is 2.32. The van der Waals surface area contributed by atoms with Gasteiger partial charge in [0.05, 0.1) is 5.56 Å². The Morgan fingerprint density at radius 1 is 1.00 bits per heavy atom. The van der Waals surface area contributed by atoms with Crippen LogP contribution in [0.4, 0.5) is 0 Å². The summed E-state index contributed by atoms with van der Waals surface area (Å²) in [4.78, 5) is 0. The van der Waals surface area contributed by atoms with Crippen LogP contribution in [0.3, 0.4) is 0 Å². The lowest BCUT2D eigenvalue weighted by Gasteiger charge is -2.08. The minimum atomic E-state index is -0.0274. The van der Waals surface area contributed by atoms with Crippen LogP contribution < -0.4 is 4.74 Å². The van der Waals surface area contributed by atoms with E-state index in [-0.39, 0.29) is 11.5 Å². The molecule has 0 aliphatic heterocycles. The molecule has 0 spiro atoms. The van der Waals surface area contributed by atoms with Gasteiger partial charge < -0.3 is 14.9 Å². The quantitative estimate of drug-likeness (QED) is 0.774. The summed E-state index contributed by atoms with van der Waals surface area (Å²) in [5.74, 6) is 3.08. The van der Waals surface area contributed by atoms with Crippen molar-refractivity contribution in [2.45, 2.75) is 0 Å². The number of hydrogen-bond acceptors (Lipinski definition) is 3. The molecule has 3 nitrogen and oxygen atoms in total. The van der Waals surface area contributed by atoms with Gasteiger partial charge in [0.2, 0.25) is 0 Å². The third kappa shape index (κ3) is 2.32. The smallest absolute Gasteiger partial charge is 0.169 e. The predicted octanol–water partition coefficient (Wildman–Crippen LogP) is 2.87. The van der Waals surface area contributed by atoms with Gasteiger partial charge in [-0.2, -0.15) is 0 Å². The summed E-state index contributed by atoms with van der Waals surface area (Å²) in [6.07, 6.45) is 5.19. The van der Waals surface area contributed by atoms with Crippen molar-refractivity contribution in [2.24, 2.45) is 0 Å². The van der Waals surface area contributed by atoms with E-state index in [0.717, 1.165) is 0 Å². The van der Waals surface area contributed by atoms with Gasteiger partial charge in [0, 0.05) is 6.07 Å². The zero-order valence-electron chi connectivity index (χ0n) is 8.92. The highest BCUT2D eigenvalue weighted by atomic mass is 16.5. The van der Waals surface area contributed by atoms with Crippen molar-refractivity contribution in [3.63, 3.8) is 0 Å². The molecule has 2 N–H and O–H groups in total. The van der Waals surface area contributed by atoms with Crippen molar-refractivity contribution in [3.05, 3.63) is 48.0 Å². The number of hydrogen-bond donors (Lipinski definition) is 2. The van der Waals surface area contributed by atoms with Crippen molar-refractivity contribution < 1.29 is 14.9 Å². The first-order valence-corrected chi connectivity index (χ1v) is 4.96. The molecule has 0 atom stereocenters. The molecule has 0 aliphatic carbocycles. The van der Waals surface area contributed by atoms with E-state index in [4.69, 9.17) is 11.2 Å². The molecule has 2 aromatic rings. The Labute approximate surface area is 98.9 Å². The lowest BCUT2D eigenvalue weighted by Crippen LogP contribution is -1.85. The number of benzene rings is 2. The summed E-state index contributed by atoms with van der Waals surface area (Å²) in [6.45, 7) is 0. The van der Waals surface area contributed by atoms with E-state index in [1.807, 2.05) is 0 Å². The minimum absolute atomic E-state index is 0.0274. The van der Waals surface area contributed by atoms with Crippen LogP contribution in [0, 0.1) is 12.3 Å². The molecule has 0 fully saturated rings. The second-order valence-corrected chi connectivity index (χ2v) is 3.39. The molecular weight excluding hydrogens is 216 g/mol. The van der Waals surface area contributed by atoms with Crippen LogP contribution in [0.5, 0.6) is 23.0 Å². The first kappa shape index (κ1) is 10.9. The van der Waals surface area contributed by atoms with Crippen LogP contribution in [0.2, 0.25) is 0 Å². The van der Waals surface area contributed by atoms with Crippen molar-refractivity contribution in [1.29, 1.82) is 0 Å². The molecule has 0 unspecified atom stereocenters. The highest BCUT2D eigenvalue weighted by Gasteiger charge is 2.05. The maximum Gasteiger partial charge on any atom is 0.169 e. The molecule has 0 saturated heterocycles. The van der Waals surface area contributed by atoms with E-state index < -0.39 is 0 Å². The highest BCUT2D eigenvalue weighted by molar-refractivity contribution is 5.50. The molecule has 0 aromatic heterocycles. The van der Waals surface area contributed by atoms with E-state index >= 15 is 0 Å². The van der Waals surface area contributed by atoms with Gasteiger partial charge in [0.15, 0.2) is 11.5 Å². The van der Waals surface area contributed by atoms with Crippen molar-refractivity contribution in [3.8, 4) is 35.3 Å². The van der Waals surface area contributed by atoms with Gasteiger partial charge in [-0.1, -0.05) is 18.1 Å². The Morgan fingerprint density at radius 2 is 1.76 bits per heavy atom. The molecule has 3 heteroatoms. The van der Waals surface area contributed by atoms with Crippen LogP contribution in [0.1, 0.15) is 5.56 Å². The zero-order chi connectivity index (χ0) is 12.3. The average molecular weight is 226 g/mol. The van der Waals surface area contributed by atoms with Crippen molar-refractivity contribution in [2.75, 3.05) is 0 Å². The Morgan fingerprint density at radius 3 is 2.41 bits per heavy atom. The largest absolute Gasteiger partial charge is 0.507 e. The lowest BCUT2D eigenvalue weighted by atomic mass is 10.2. The second-order valence-electron chi connectivity index (χ2n) is 3.39. The van der Waals surface area contributed by atoms with Crippen LogP contribution in [-0.4, -0.2) is 10.2 Å². The first-order valence-electron chi connectivity index (χ1n) is 4.96. The number of ether oxygens (including phenoxy) is 1. The van der Waals surface area contributed by atoms with E-state index in [0.29, 0.717) is 17.1 Å². The highest BCUT2D eigenvalue weighted by Crippen LogP contribution is 2.32. The first-order chi connectivity index (χ1) is 8.20. The Hall–Kier alpha value is -2.60. The third-order valence-corrected chi connectivity index (χ3v) is 2.22. The molecule has 0 saturated carbocycles. The summed E-state index contributed by atoms with van der Waals surface area (Å²) >= 11 is 0. The van der Waals surface area contributed by atoms with Crippen molar-refractivity contribution >= 4 is 0 Å². The van der Waals surface area contributed by atoms with E-state index in [1.165, 1.54) is 12.1 Å². The maximum atomic E-state index is 9.55. The van der Waals surface area contributed by atoms with E-state index in [2.05, 4.69) is 5.92 Å². The summed E-state index contributed by atoms with van der Waals surface area (Å²) in [6, 6.07) is 11.2. The number of phenolic OH excluding ortho intramolecular Hbond substituents is 2. The maximum absolute atomic E-state index is 9.55. The number of aromatic hydroxyl groups is 2. The fraction of sp³-hybridized carbons (Fsp3) is 0. The van der Waals surface area contributed by atoms with Gasteiger partial charge >= 0.3 is 0 Å². The fourth-order valence-corrected chi connectivity index (χ4v) is 1.37. The third-order valence-electron chi connectivity index (χ3n) is 2.22. The molecule has 0 heterocycles. The standard InChI is InChI=1S/C14H10O3/c1-2-10-7-8-11(9-13(10)16)17-14-6-4-3-5-12(14)15/h1,3-9,15-16H. The molecule has 17 heavy (non-hydrogen) atoms. The topological polar surface area (TPSA) is 49.7 Å². The van der Waals surface area contributed by atoms with Gasteiger partial charge in [0.25, 0.3) is 0 Å². The van der Waals surface area contributed by atoms with Crippen LogP contribution in [0.25, 0.3) is 0 Å². The summed E-state index contributed by atoms with van der Waals surface area (Å²) < 4.78 is 5.41. The lowest BCUT2D eigenvalue weighted by molar-refractivity contribution is 0.407. The summed E-state index contributed by atoms with van der Waals surface area (Å²) in [5.41, 5.74) is 0.398. The minimum Gasteiger partial charge on any atom is -0.507 e. The zero-order valence-corrected chi connectivity index (χ0v) is 8.92. The number of para-hydroxylation sites is 2. The molecule has 2 rings (SSSR count). The predicted molar refractivity (Wildman–Crippen MR) is 64.2 cm³/mol. The van der Waals surface area contributed by atoms with Gasteiger partial charge in [0.1, 0.15) is 11.5 Å². The molecule has 0 amide bonds. The van der Waals surface area contributed by atoms with Gasteiger partial charge in [-0.25, -0.2) is 0 Å². The second kappa shape index (κ2) is 4.50. The van der Waals surface area contributed by atoms with Gasteiger partial charge in [-0.05, 0) is 24.3 Å². The molecule has 0 bridgehead atoms. The monoisotopic (exact) mass is 226 g/mol. The summed E-state index contributed by atoms with van der Waals surface area (Å²) in [7, 11) is 0. The fourth-order valence-electron chi connectivity index (χ4n) is 1.37. The molecule has 0 radical (unpaired) electrons. The molecule has 84 valence electrons. The molecular formula is C14H10O3. The summed E-state index contributed by atoms with van der Waals surface area (Å²) in [5, 5.41) is 19.1. The van der Waals surface area contributed by atoms with Crippen LogP contribution in [-0.2, 0) is 0 Å². The Balaban J connectivity index is 2.29. The van der Waals surface area contributed by atoms with Crippen LogP contribution in [0.15, 0.2) is 42.5 Å². The number of terminal acetylenes is 1. The molecule has 0 aliphatic rings. The SMILES string of the molecule is C#Cc1ccc(Oc2ccccc2O)cc1O. The Kier molecular flexibility index (Phi) is 2.89. The normalized spacial score (nSPS) is 9.59. The van der Waals surface area contributed by atoms with E-state index in [9.17, 15) is 10.2 Å². The number of phenols is 2.